The molecule has 2 heterocycles. The van der Waals surface area contributed by atoms with E-state index in [-0.39, 0.29) is 17.4 Å². The van der Waals surface area contributed by atoms with Gasteiger partial charge in [-0.2, -0.15) is 0 Å². The summed E-state index contributed by atoms with van der Waals surface area (Å²) in [4.78, 5) is 18.5. The summed E-state index contributed by atoms with van der Waals surface area (Å²) in [5.41, 5.74) is 0.0450. The van der Waals surface area contributed by atoms with Crippen LogP contribution in [0.3, 0.4) is 0 Å². The Morgan fingerprint density at radius 1 is 1.47 bits per heavy atom. The summed E-state index contributed by atoms with van der Waals surface area (Å²) in [5.74, 6) is 1.15. The molecule has 1 fully saturated rings. The highest BCUT2D eigenvalue weighted by molar-refractivity contribution is 5.77. The Bertz CT molecular complexity index is 425. The molecule has 104 valence electrons. The first-order chi connectivity index (χ1) is 8.94. The van der Waals surface area contributed by atoms with Crippen molar-refractivity contribution in [2.45, 2.75) is 39.7 Å². The van der Waals surface area contributed by atoms with Gasteiger partial charge in [0.1, 0.15) is 5.82 Å². The van der Waals surface area contributed by atoms with Gasteiger partial charge in [0.05, 0.1) is 0 Å². The average Bonchev–Trinajstić information content (AvgIpc) is 2.76. The minimum Gasteiger partial charge on any atom is -0.354 e. The van der Waals surface area contributed by atoms with Crippen LogP contribution < -0.4 is 10.2 Å². The first kappa shape index (κ1) is 13.8. The molecule has 1 saturated heterocycles. The van der Waals surface area contributed by atoms with Gasteiger partial charge in [-0.05, 0) is 24.0 Å². The molecule has 0 saturated carbocycles. The van der Waals surface area contributed by atoms with E-state index in [1.807, 2.05) is 18.2 Å². The van der Waals surface area contributed by atoms with Gasteiger partial charge in [-0.3, -0.25) is 4.79 Å². The van der Waals surface area contributed by atoms with E-state index in [2.05, 4.69) is 36.0 Å². The summed E-state index contributed by atoms with van der Waals surface area (Å²) < 4.78 is 0. The molecule has 1 aliphatic heterocycles. The number of hydrogen-bond acceptors (Lipinski definition) is 3. The van der Waals surface area contributed by atoms with E-state index in [0.717, 1.165) is 25.3 Å². The smallest absolute Gasteiger partial charge is 0.220 e. The Morgan fingerprint density at radius 3 is 2.89 bits per heavy atom. The molecule has 0 spiro atoms. The highest BCUT2D eigenvalue weighted by Crippen LogP contribution is 2.20. The van der Waals surface area contributed by atoms with Gasteiger partial charge in [-0.1, -0.05) is 26.8 Å². The fourth-order valence-corrected chi connectivity index (χ4v) is 2.39. The van der Waals surface area contributed by atoms with E-state index in [4.69, 9.17) is 0 Å². The molecule has 0 bridgehead atoms. The van der Waals surface area contributed by atoms with Gasteiger partial charge in [0.15, 0.2) is 0 Å². The zero-order valence-electron chi connectivity index (χ0n) is 12.0. The number of amides is 1. The number of anilines is 1. The zero-order chi connectivity index (χ0) is 13.9. The highest BCUT2D eigenvalue weighted by Gasteiger charge is 2.25. The zero-order valence-corrected chi connectivity index (χ0v) is 12.0. The predicted molar refractivity (Wildman–Crippen MR) is 77.1 cm³/mol. The van der Waals surface area contributed by atoms with Crippen LogP contribution in [0.15, 0.2) is 24.4 Å². The Labute approximate surface area is 115 Å². The number of carbonyl (C=O) groups is 1. The lowest BCUT2D eigenvalue weighted by molar-refractivity contribution is -0.123. The van der Waals surface area contributed by atoms with Gasteiger partial charge in [0, 0.05) is 31.7 Å². The number of hydrogen-bond donors (Lipinski definition) is 1. The van der Waals surface area contributed by atoms with Crippen LogP contribution in [0, 0.1) is 5.41 Å². The predicted octanol–water partition coefficient (Wildman–Crippen LogP) is 2.21. The minimum atomic E-state index is 0.0450. The Hall–Kier alpha value is -1.58. The summed E-state index contributed by atoms with van der Waals surface area (Å²) in [6.07, 6.45) is 3.38. The Kier molecular flexibility index (Phi) is 4.08. The van der Waals surface area contributed by atoms with Crippen molar-refractivity contribution in [2.75, 3.05) is 18.0 Å². The van der Waals surface area contributed by atoms with Crippen molar-refractivity contribution in [1.29, 1.82) is 0 Å². The molecule has 4 nitrogen and oxygen atoms in total. The lowest BCUT2D eigenvalue weighted by Gasteiger charge is -2.20. The highest BCUT2D eigenvalue weighted by atomic mass is 16.1. The molecule has 1 atom stereocenters. The summed E-state index contributed by atoms with van der Waals surface area (Å²) in [5, 5.41) is 3.13. The van der Waals surface area contributed by atoms with Crippen LogP contribution in [-0.4, -0.2) is 30.0 Å². The monoisotopic (exact) mass is 261 g/mol. The van der Waals surface area contributed by atoms with Crippen LogP contribution in [0.5, 0.6) is 0 Å². The molecular formula is C15H23N3O. The summed E-state index contributed by atoms with van der Waals surface area (Å²) in [6.45, 7) is 8.06. The maximum absolute atomic E-state index is 11.9. The van der Waals surface area contributed by atoms with E-state index in [9.17, 15) is 4.79 Å². The second-order valence-electron chi connectivity index (χ2n) is 6.42. The fraction of sp³-hybridized carbons (Fsp3) is 0.600. The van der Waals surface area contributed by atoms with Gasteiger partial charge in [0.2, 0.25) is 5.91 Å². The minimum absolute atomic E-state index is 0.0450. The number of carbonyl (C=O) groups excluding carboxylic acids is 1. The number of aromatic nitrogens is 1. The van der Waals surface area contributed by atoms with Crippen LogP contribution in [0.1, 0.15) is 33.6 Å². The van der Waals surface area contributed by atoms with Gasteiger partial charge >= 0.3 is 0 Å². The molecule has 0 radical (unpaired) electrons. The fourth-order valence-electron chi connectivity index (χ4n) is 2.39. The molecule has 1 amide bonds. The molecule has 1 aliphatic rings. The third-order valence-corrected chi connectivity index (χ3v) is 3.22. The molecule has 19 heavy (non-hydrogen) atoms. The molecule has 0 aromatic carbocycles. The second kappa shape index (κ2) is 5.59. The number of nitrogens with zero attached hydrogens (tertiary/aromatic N) is 2. The maximum Gasteiger partial charge on any atom is 0.220 e. The second-order valence-corrected chi connectivity index (χ2v) is 6.42. The Balaban J connectivity index is 1.84. The lowest BCUT2D eigenvalue weighted by atomic mass is 9.92. The first-order valence-corrected chi connectivity index (χ1v) is 6.89. The molecule has 1 N–H and O–H groups in total. The van der Waals surface area contributed by atoms with Crippen molar-refractivity contribution < 1.29 is 4.79 Å². The van der Waals surface area contributed by atoms with E-state index in [0.29, 0.717) is 6.42 Å². The van der Waals surface area contributed by atoms with Gasteiger partial charge in [-0.15, -0.1) is 0 Å². The SMILES string of the molecule is CC(C)(C)CC(=O)N[C@H]1CCN(c2ccccn2)C1. The molecule has 0 unspecified atom stereocenters. The standard InChI is InChI=1S/C15H23N3O/c1-15(2,3)10-14(19)17-12-7-9-18(11-12)13-6-4-5-8-16-13/h4-6,8,12H,7,9-11H2,1-3H3,(H,17,19)/t12-/m0/s1. The van der Waals surface area contributed by atoms with E-state index >= 15 is 0 Å². The topological polar surface area (TPSA) is 45.2 Å². The van der Waals surface area contributed by atoms with Crippen molar-refractivity contribution in [2.24, 2.45) is 5.41 Å². The average molecular weight is 261 g/mol. The molecule has 4 heteroatoms. The first-order valence-electron chi connectivity index (χ1n) is 6.89. The van der Waals surface area contributed by atoms with Crippen LogP contribution in [0.25, 0.3) is 0 Å². The third-order valence-electron chi connectivity index (χ3n) is 3.22. The van der Waals surface area contributed by atoms with Gasteiger partial charge < -0.3 is 10.2 Å². The van der Waals surface area contributed by atoms with Crippen molar-refractivity contribution in [3.63, 3.8) is 0 Å². The van der Waals surface area contributed by atoms with E-state index < -0.39 is 0 Å². The molecule has 1 aromatic heterocycles. The molecule has 1 aromatic rings. The largest absolute Gasteiger partial charge is 0.354 e. The lowest BCUT2D eigenvalue weighted by Crippen LogP contribution is -2.38. The van der Waals surface area contributed by atoms with Gasteiger partial charge in [0.25, 0.3) is 0 Å². The molecule has 2 rings (SSSR count). The van der Waals surface area contributed by atoms with Crippen molar-refractivity contribution in [1.82, 2.24) is 10.3 Å². The number of rotatable bonds is 3. The number of nitrogens with one attached hydrogen (secondary N) is 1. The summed E-state index contributed by atoms with van der Waals surface area (Å²) >= 11 is 0. The van der Waals surface area contributed by atoms with Crippen LogP contribution in [-0.2, 0) is 4.79 Å². The summed E-state index contributed by atoms with van der Waals surface area (Å²) in [6, 6.07) is 6.17. The maximum atomic E-state index is 11.9. The van der Waals surface area contributed by atoms with Crippen LogP contribution >= 0.6 is 0 Å². The Morgan fingerprint density at radius 2 is 2.26 bits per heavy atom. The number of pyridine rings is 1. The van der Waals surface area contributed by atoms with Crippen molar-refractivity contribution in [3.05, 3.63) is 24.4 Å². The van der Waals surface area contributed by atoms with Gasteiger partial charge in [-0.25, -0.2) is 4.98 Å². The van der Waals surface area contributed by atoms with Crippen LogP contribution in [0.2, 0.25) is 0 Å². The molecular weight excluding hydrogens is 238 g/mol. The third kappa shape index (κ3) is 4.23. The van der Waals surface area contributed by atoms with E-state index in [1.54, 1.807) is 6.20 Å². The summed E-state index contributed by atoms with van der Waals surface area (Å²) in [7, 11) is 0. The van der Waals surface area contributed by atoms with Crippen LogP contribution in [0.4, 0.5) is 5.82 Å². The van der Waals surface area contributed by atoms with Crippen molar-refractivity contribution in [3.8, 4) is 0 Å². The van der Waals surface area contributed by atoms with Crippen molar-refractivity contribution >= 4 is 11.7 Å². The van der Waals surface area contributed by atoms with E-state index in [1.165, 1.54) is 0 Å². The quantitative estimate of drug-likeness (QED) is 0.907. The molecule has 0 aliphatic carbocycles. The normalized spacial score (nSPS) is 19.5.